The number of aromatic nitrogens is 2. The maximum Gasteiger partial charge on any atom is 0.244 e. The van der Waals surface area contributed by atoms with Crippen LogP contribution in [0.2, 0.25) is 0 Å². The Balaban J connectivity index is 1.66. The second kappa shape index (κ2) is 7.49. The normalized spacial score (nSPS) is 14.4. The maximum absolute atomic E-state index is 12.6. The van der Waals surface area contributed by atoms with Gasteiger partial charge in [-0.05, 0) is 25.0 Å². The third kappa shape index (κ3) is 3.97. The molecule has 134 valence electrons. The molecule has 0 aliphatic heterocycles. The van der Waals surface area contributed by atoms with Crippen LogP contribution in [0.15, 0.2) is 65.2 Å². The van der Waals surface area contributed by atoms with Gasteiger partial charge in [0.1, 0.15) is 5.54 Å². The van der Waals surface area contributed by atoms with Crippen molar-refractivity contribution in [3.05, 3.63) is 83.5 Å². The summed E-state index contributed by atoms with van der Waals surface area (Å²) in [6.45, 7) is 3.48. The molecule has 0 spiro atoms. The number of hydrogen-bond acceptors (Lipinski definition) is 5. The average molecular weight is 350 g/mol. The van der Waals surface area contributed by atoms with E-state index < -0.39 is 11.6 Å². The number of nitrogens with two attached hydrogens (primary N) is 1. The molecular formula is C20H22N4O2. The van der Waals surface area contributed by atoms with E-state index in [-0.39, 0.29) is 5.91 Å². The van der Waals surface area contributed by atoms with Crippen LogP contribution in [0.1, 0.15) is 42.7 Å². The van der Waals surface area contributed by atoms with Crippen molar-refractivity contribution in [2.75, 3.05) is 0 Å². The summed E-state index contributed by atoms with van der Waals surface area (Å²) in [6, 6.07) is 18.7. The molecule has 0 saturated heterocycles. The minimum absolute atomic E-state index is 0.300. The molecule has 2 unspecified atom stereocenters. The highest BCUT2D eigenvalue weighted by atomic mass is 16.5. The fraction of sp³-hybridized carbons (Fsp3) is 0.250. The largest absolute Gasteiger partial charge is 0.344 e. The van der Waals surface area contributed by atoms with E-state index in [0.717, 1.165) is 11.1 Å². The lowest BCUT2D eigenvalue weighted by atomic mass is 9.92. The van der Waals surface area contributed by atoms with E-state index in [1.807, 2.05) is 60.7 Å². The van der Waals surface area contributed by atoms with Crippen LogP contribution in [0.3, 0.4) is 0 Å². The number of carbonyl (C=O) groups is 1. The minimum atomic E-state index is -1.15. The second-order valence-electron chi connectivity index (χ2n) is 6.47. The molecule has 1 heterocycles. The van der Waals surface area contributed by atoms with Crippen LogP contribution in [-0.4, -0.2) is 16.0 Å². The molecule has 0 radical (unpaired) electrons. The van der Waals surface area contributed by atoms with Crippen LogP contribution in [0.5, 0.6) is 0 Å². The minimum Gasteiger partial charge on any atom is -0.344 e. The molecule has 2 atom stereocenters. The van der Waals surface area contributed by atoms with Crippen LogP contribution >= 0.6 is 0 Å². The van der Waals surface area contributed by atoms with Crippen molar-refractivity contribution >= 4 is 5.91 Å². The Kier molecular flexibility index (Phi) is 5.14. The molecule has 6 heteroatoms. The summed E-state index contributed by atoms with van der Waals surface area (Å²) in [5, 5.41) is 6.84. The van der Waals surface area contributed by atoms with E-state index in [9.17, 15) is 4.79 Å². The summed E-state index contributed by atoms with van der Waals surface area (Å²) < 4.78 is 5.30. The summed E-state index contributed by atoms with van der Waals surface area (Å²) in [5.74, 6) is 0.629. The van der Waals surface area contributed by atoms with E-state index in [1.165, 1.54) is 0 Å². The fourth-order valence-electron chi connectivity index (χ4n) is 2.61. The van der Waals surface area contributed by atoms with Crippen LogP contribution < -0.4 is 11.1 Å². The van der Waals surface area contributed by atoms with Gasteiger partial charge in [-0.2, -0.15) is 4.98 Å². The lowest BCUT2D eigenvalue weighted by Gasteiger charge is -2.25. The summed E-state index contributed by atoms with van der Waals surface area (Å²) in [7, 11) is 0. The number of benzene rings is 2. The van der Waals surface area contributed by atoms with E-state index in [4.69, 9.17) is 10.3 Å². The lowest BCUT2D eigenvalue weighted by Crippen LogP contribution is -2.49. The second-order valence-corrected chi connectivity index (χ2v) is 6.47. The Labute approximate surface area is 152 Å². The average Bonchev–Trinajstić information content (AvgIpc) is 3.12. The third-order valence-corrected chi connectivity index (χ3v) is 4.26. The molecule has 3 rings (SSSR count). The number of rotatable bonds is 6. The summed E-state index contributed by atoms with van der Waals surface area (Å²) in [6.07, 6.45) is 0.549. The van der Waals surface area contributed by atoms with Gasteiger partial charge in [-0.1, -0.05) is 65.8 Å². The molecule has 26 heavy (non-hydrogen) atoms. The molecule has 0 fully saturated rings. The first-order valence-electron chi connectivity index (χ1n) is 8.48. The van der Waals surface area contributed by atoms with Crippen molar-refractivity contribution < 1.29 is 9.32 Å². The van der Waals surface area contributed by atoms with E-state index >= 15 is 0 Å². The zero-order chi connectivity index (χ0) is 18.6. The van der Waals surface area contributed by atoms with Crippen LogP contribution in [-0.2, 0) is 16.8 Å². The first-order valence-corrected chi connectivity index (χ1v) is 8.48. The zero-order valence-corrected chi connectivity index (χ0v) is 14.8. The van der Waals surface area contributed by atoms with Gasteiger partial charge >= 0.3 is 0 Å². The predicted octanol–water partition coefficient (Wildman–Crippen LogP) is 2.71. The van der Waals surface area contributed by atoms with Crippen molar-refractivity contribution in [2.45, 2.75) is 31.8 Å². The van der Waals surface area contributed by atoms with E-state index in [1.54, 1.807) is 13.8 Å². The maximum atomic E-state index is 12.6. The topological polar surface area (TPSA) is 94.0 Å². The van der Waals surface area contributed by atoms with Gasteiger partial charge in [0, 0.05) is 0 Å². The molecule has 6 nitrogen and oxygen atoms in total. The molecule has 0 aliphatic rings. The molecule has 0 aliphatic carbocycles. The van der Waals surface area contributed by atoms with Gasteiger partial charge in [0.2, 0.25) is 11.8 Å². The van der Waals surface area contributed by atoms with Gasteiger partial charge in [-0.25, -0.2) is 0 Å². The van der Waals surface area contributed by atoms with Crippen molar-refractivity contribution in [3.8, 4) is 0 Å². The number of carbonyl (C=O) groups excluding carboxylic acids is 1. The van der Waals surface area contributed by atoms with Crippen molar-refractivity contribution in [3.63, 3.8) is 0 Å². The molecule has 0 saturated carbocycles. The highest BCUT2D eigenvalue weighted by Crippen LogP contribution is 2.19. The standard InChI is InChI=1S/C20H22N4O2/c1-14(22-19(25)20(2,21)16-11-7-4-8-12-16)18-23-17(26-24-18)13-15-9-5-3-6-10-15/h3-12,14H,13,21H2,1-2H3,(H,22,25). The molecule has 3 N–H and O–H groups in total. The SMILES string of the molecule is CC(NC(=O)C(C)(N)c1ccccc1)c1noc(Cc2ccccc2)n1. The number of amides is 1. The molecule has 1 aromatic heterocycles. The van der Waals surface area contributed by atoms with Gasteiger partial charge in [0.15, 0.2) is 5.82 Å². The zero-order valence-electron chi connectivity index (χ0n) is 14.8. The van der Waals surface area contributed by atoms with Crippen LogP contribution in [0, 0.1) is 0 Å². The highest BCUT2D eigenvalue weighted by Gasteiger charge is 2.32. The van der Waals surface area contributed by atoms with Gasteiger partial charge < -0.3 is 15.6 Å². The quantitative estimate of drug-likeness (QED) is 0.713. The van der Waals surface area contributed by atoms with Crippen molar-refractivity contribution in [1.82, 2.24) is 15.5 Å². The number of hydrogen-bond donors (Lipinski definition) is 2. The third-order valence-electron chi connectivity index (χ3n) is 4.26. The highest BCUT2D eigenvalue weighted by molar-refractivity contribution is 5.87. The van der Waals surface area contributed by atoms with Gasteiger partial charge in [-0.15, -0.1) is 0 Å². The lowest BCUT2D eigenvalue weighted by molar-refractivity contribution is -0.126. The van der Waals surface area contributed by atoms with Crippen molar-refractivity contribution in [2.24, 2.45) is 5.73 Å². The summed E-state index contributed by atoms with van der Waals surface area (Å²) in [4.78, 5) is 17.0. The van der Waals surface area contributed by atoms with Crippen molar-refractivity contribution in [1.29, 1.82) is 0 Å². The monoisotopic (exact) mass is 350 g/mol. The summed E-state index contributed by atoms with van der Waals surface area (Å²) in [5.41, 5.74) is 6.91. The smallest absolute Gasteiger partial charge is 0.244 e. The Morgan fingerprint density at radius 2 is 1.77 bits per heavy atom. The molecule has 2 aromatic carbocycles. The van der Waals surface area contributed by atoms with Crippen LogP contribution in [0.25, 0.3) is 0 Å². The van der Waals surface area contributed by atoms with Gasteiger partial charge in [0.05, 0.1) is 12.5 Å². The number of nitrogens with one attached hydrogen (secondary N) is 1. The number of nitrogens with zero attached hydrogens (tertiary/aromatic N) is 2. The molecular weight excluding hydrogens is 328 g/mol. The predicted molar refractivity (Wildman–Crippen MR) is 98.1 cm³/mol. The molecule has 0 bridgehead atoms. The Morgan fingerprint density at radius 1 is 1.15 bits per heavy atom. The fourth-order valence-corrected chi connectivity index (χ4v) is 2.61. The van der Waals surface area contributed by atoms with E-state index in [0.29, 0.717) is 18.1 Å². The molecule has 3 aromatic rings. The Morgan fingerprint density at radius 3 is 2.42 bits per heavy atom. The van der Waals surface area contributed by atoms with E-state index in [2.05, 4.69) is 15.5 Å². The van der Waals surface area contributed by atoms with Crippen LogP contribution in [0.4, 0.5) is 0 Å². The first kappa shape index (κ1) is 17.8. The van der Waals surface area contributed by atoms with Gasteiger partial charge in [0.25, 0.3) is 0 Å². The van der Waals surface area contributed by atoms with Gasteiger partial charge in [-0.3, -0.25) is 4.79 Å². The Hall–Kier alpha value is -2.99. The Bertz CT molecular complexity index is 860. The summed E-state index contributed by atoms with van der Waals surface area (Å²) >= 11 is 0. The molecule has 1 amide bonds. The first-order chi connectivity index (χ1) is 12.5.